The largest absolute Gasteiger partial charge is 0.502 e. The molecule has 2 aromatic carbocycles. The number of benzene rings is 2. The normalized spacial score (nSPS) is 11.0. The van der Waals surface area contributed by atoms with Gasteiger partial charge >= 0.3 is 5.69 Å². The van der Waals surface area contributed by atoms with Gasteiger partial charge in [0.05, 0.1) is 10.6 Å². The highest BCUT2D eigenvalue weighted by molar-refractivity contribution is 14.1. The molecule has 0 aromatic heterocycles. The van der Waals surface area contributed by atoms with Crippen LogP contribution in [-0.2, 0) is 0 Å². The van der Waals surface area contributed by atoms with Gasteiger partial charge in [0, 0.05) is 25.9 Å². The summed E-state index contributed by atoms with van der Waals surface area (Å²) in [6.07, 6.45) is 1.41. The average Bonchev–Trinajstić information content (AvgIpc) is 2.42. The summed E-state index contributed by atoms with van der Waals surface area (Å²) in [4.78, 5) is 14.5. The summed E-state index contributed by atoms with van der Waals surface area (Å²) < 4.78 is 1.64. The van der Waals surface area contributed by atoms with Crippen molar-refractivity contribution in [2.75, 3.05) is 0 Å². The lowest BCUT2D eigenvalue weighted by atomic mass is 10.2. The minimum absolute atomic E-state index is 0.285. The van der Waals surface area contributed by atoms with Crippen LogP contribution in [0.15, 0.2) is 39.8 Å². The Morgan fingerprint density at radius 1 is 1.38 bits per heavy atom. The van der Waals surface area contributed by atoms with Crippen LogP contribution in [0.2, 0.25) is 0 Å². The Labute approximate surface area is 143 Å². The number of hydrogen-bond donors (Lipinski definition) is 1. The van der Waals surface area contributed by atoms with Gasteiger partial charge in [0.2, 0.25) is 5.75 Å². The Balaban J connectivity index is 2.41. The highest BCUT2D eigenvalue weighted by Gasteiger charge is 2.17. The number of phenols is 1. The number of aryl methyl sites for hydroxylation is 1. The van der Waals surface area contributed by atoms with E-state index in [4.69, 9.17) is 0 Å². The number of hydrogen-bond acceptors (Lipinski definition) is 4. The first-order valence-corrected chi connectivity index (χ1v) is 7.73. The summed E-state index contributed by atoms with van der Waals surface area (Å²) >= 11 is 5.41. The zero-order valence-corrected chi connectivity index (χ0v) is 14.6. The zero-order chi connectivity index (χ0) is 15.6. The summed E-state index contributed by atoms with van der Waals surface area (Å²) in [7, 11) is 0. The van der Waals surface area contributed by atoms with Gasteiger partial charge < -0.3 is 5.11 Å². The molecule has 0 fully saturated rings. The number of nitro groups is 1. The van der Waals surface area contributed by atoms with Crippen molar-refractivity contribution in [1.29, 1.82) is 0 Å². The van der Waals surface area contributed by atoms with Crippen LogP contribution in [0.4, 0.5) is 11.4 Å². The Bertz CT molecular complexity index is 747. The molecule has 0 aliphatic carbocycles. The van der Waals surface area contributed by atoms with Gasteiger partial charge in [0.15, 0.2) is 0 Å². The van der Waals surface area contributed by atoms with Crippen LogP contribution in [-0.4, -0.2) is 16.2 Å². The number of aromatic hydroxyl groups is 1. The van der Waals surface area contributed by atoms with Gasteiger partial charge in [-0.1, -0.05) is 15.9 Å². The lowest BCUT2D eigenvalue weighted by Crippen LogP contribution is -1.92. The Morgan fingerprint density at radius 3 is 2.71 bits per heavy atom. The van der Waals surface area contributed by atoms with E-state index in [-0.39, 0.29) is 11.3 Å². The standard InChI is InChI=1S/C14H10BrIN2O3/c1-8-4-11(2-3-12(8)16)17-7-9-5-10(15)6-13(14(9)19)18(20)21/h2-7,19H,1H3. The molecule has 7 heteroatoms. The van der Waals surface area contributed by atoms with Crippen LogP contribution >= 0.6 is 38.5 Å². The van der Waals surface area contributed by atoms with E-state index < -0.39 is 10.7 Å². The number of phenolic OH excluding ortho intramolecular Hbond substituents is 1. The van der Waals surface area contributed by atoms with Gasteiger partial charge in [-0.25, -0.2) is 0 Å². The van der Waals surface area contributed by atoms with Gasteiger partial charge in [-0.05, 0) is 59.3 Å². The molecular formula is C14H10BrIN2O3. The molecule has 0 unspecified atom stereocenters. The molecule has 2 aromatic rings. The molecule has 0 aliphatic heterocycles. The molecule has 108 valence electrons. The van der Waals surface area contributed by atoms with Crippen molar-refractivity contribution in [3.8, 4) is 5.75 Å². The summed E-state index contributed by atoms with van der Waals surface area (Å²) in [5, 5.41) is 20.8. The van der Waals surface area contributed by atoms with E-state index in [1.54, 1.807) is 6.07 Å². The Kier molecular flexibility index (Phi) is 4.94. The number of aliphatic imine (C=N–C) groups is 1. The molecule has 5 nitrogen and oxygen atoms in total. The van der Waals surface area contributed by atoms with Gasteiger partial charge in [-0.3, -0.25) is 15.1 Å². The summed E-state index contributed by atoms with van der Waals surface area (Å²) in [6, 6.07) is 8.51. The van der Waals surface area contributed by atoms with Crippen LogP contribution < -0.4 is 0 Å². The van der Waals surface area contributed by atoms with Crippen LogP contribution in [0.5, 0.6) is 5.75 Å². The highest BCUT2D eigenvalue weighted by atomic mass is 127. The maximum atomic E-state index is 10.9. The third-order valence-corrected chi connectivity index (χ3v) is 4.44. The van der Waals surface area contributed by atoms with Crippen molar-refractivity contribution in [3.05, 3.63) is 59.6 Å². The lowest BCUT2D eigenvalue weighted by molar-refractivity contribution is -0.385. The van der Waals surface area contributed by atoms with E-state index >= 15 is 0 Å². The molecule has 0 saturated carbocycles. The molecular weight excluding hydrogens is 451 g/mol. The molecule has 0 heterocycles. The predicted molar refractivity (Wildman–Crippen MR) is 93.6 cm³/mol. The topological polar surface area (TPSA) is 75.7 Å². The summed E-state index contributed by atoms with van der Waals surface area (Å²) in [5.41, 5.74) is 1.74. The molecule has 2 rings (SSSR count). The molecule has 1 N–H and O–H groups in total. The minimum Gasteiger partial charge on any atom is -0.502 e. The second-order valence-electron chi connectivity index (χ2n) is 4.31. The third kappa shape index (κ3) is 3.79. The maximum Gasteiger partial charge on any atom is 0.312 e. The van der Waals surface area contributed by atoms with E-state index in [0.29, 0.717) is 4.47 Å². The Hall–Kier alpha value is -1.48. The minimum atomic E-state index is -0.632. The second kappa shape index (κ2) is 6.52. The molecule has 0 saturated heterocycles. The number of nitro benzene ring substituents is 1. The van der Waals surface area contributed by atoms with Gasteiger partial charge in [0.25, 0.3) is 0 Å². The number of rotatable bonds is 3. The van der Waals surface area contributed by atoms with Gasteiger partial charge in [-0.2, -0.15) is 0 Å². The molecule has 0 aliphatic rings. The first-order chi connectivity index (χ1) is 9.88. The van der Waals surface area contributed by atoms with E-state index in [2.05, 4.69) is 43.5 Å². The Morgan fingerprint density at radius 2 is 2.10 bits per heavy atom. The van der Waals surface area contributed by atoms with Gasteiger partial charge in [-0.15, -0.1) is 0 Å². The zero-order valence-electron chi connectivity index (χ0n) is 10.9. The molecule has 0 amide bonds. The maximum absolute atomic E-state index is 10.9. The molecule has 0 spiro atoms. The fourth-order valence-corrected chi connectivity index (χ4v) is 2.50. The van der Waals surface area contributed by atoms with Crippen molar-refractivity contribution in [2.24, 2.45) is 4.99 Å². The van der Waals surface area contributed by atoms with Crippen molar-refractivity contribution in [1.82, 2.24) is 0 Å². The third-order valence-electron chi connectivity index (χ3n) is 2.77. The fourth-order valence-electron chi connectivity index (χ4n) is 1.70. The van der Waals surface area contributed by atoms with Crippen LogP contribution in [0, 0.1) is 20.6 Å². The van der Waals surface area contributed by atoms with E-state index in [1.165, 1.54) is 12.3 Å². The van der Waals surface area contributed by atoms with E-state index in [0.717, 1.165) is 14.8 Å². The van der Waals surface area contributed by atoms with Crippen molar-refractivity contribution < 1.29 is 10.0 Å². The smallest absolute Gasteiger partial charge is 0.312 e. The predicted octanol–water partition coefficient (Wildman–Crippen LogP) is 4.73. The molecule has 0 radical (unpaired) electrons. The van der Waals surface area contributed by atoms with Crippen molar-refractivity contribution in [3.63, 3.8) is 0 Å². The quantitative estimate of drug-likeness (QED) is 0.311. The van der Waals surface area contributed by atoms with Gasteiger partial charge in [0.1, 0.15) is 0 Å². The van der Waals surface area contributed by atoms with E-state index in [9.17, 15) is 15.2 Å². The first-order valence-electron chi connectivity index (χ1n) is 5.85. The first kappa shape index (κ1) is 15.9. The van der Waals surface area contributed by atoms with Crippen LogP contribution in [0.1, 0.15) is 11.1 Å². The number of nitrogens with zero attached hydrogens (tertiary/aromatic N) is 2. The second-order valence-corrected chi connectivity index (χ2v) is 6.39. The average molecular weight is 461 g/mol. The molecule has 21 heavy (non-hydrogen) atoms. The van der Waals surface area contributed by atoms with Crippen molar-refractivity contribution >= 4 is 56.1 Å². The van der Waals surface area contributed by atoms with Crippen molar-refractivity contribution in [2.45, 2.75) is 6.92 Å². The highest BCUT2D eigenvalue weighted by Crippen LogP contribution is 2.32. The van der Waals surface area contributed by atoms with Crippen LogP contribution in [0.3, 0.4) is 0 Å². The van der Waals surface area contributed by atoms with Crippen LogP contribution in [0.25, 0.3) is 0 Å². The SMILES string of the molecule is Cc1cc(N=Cc2cc(Br)cc([N+](=O)[O-])c2O)ccc1I. The van der Waals surface area contributed by atoms with E-state index in [1.807, 2.05) is 25.1 Å². The number of halogens is 2. The molecule has 0 bridgehead atoms. The molecule has 0 atom stereocenters. The summed E-state index contributed by atoms with van der Waals surface area (Å²) in [6.45, 7) is 1.97. The summed E-state index contributed by atoms with van der Waals surface area (Å²) in [5.74, 6) is -0.394. The fraction of sp³-hybridized carbons (Fsp3) is 0.0714. The lowest BCUT2D eigenvalue weighted by Gasteiger charge is -2.02. The monoisotopic (exact) mass is 460 g/mol.